The number of aliphatic imine (C=N–C) groups is 1. The number of anilines is 1. The molecule has 3 amide bonds. The first-order valence-corrected chi connectivity index (χ1v) is 11.5. The Morgan fingerprint density at radius 1 is 1.20 bits per heavy atom. The van der Waals surface area contributed by atoms with Crippen LogP contribution in [0.3, 0.4) is 0 Å². The van der Waals surface area contributed by atoms with E-state index in [1.807, 2.05) is 13.8 Å². The van der Waals surface area contributed by atoms with Crippen molar-refractivity contribution in [3.8, 4) is 0 Å². The number of benzodiazepines with no additional fused rings is 1. The summed E-state index contributed by atoms with van der Waals surface area (Å²) in [7, 11) is 1.60. The molecule has 0 bridgehead atoms. The van der Waals surface area contributed by atoms with E-state index in [2.05, 4.69) is 16.9 Å². The summed E-state index contributed by atoms with van der Waals surface area (Å²) in [6.07, 6.45) is 0.912. The molecular formula is C27H31FN4O3. The highest BCUT2D eigenvalue weighted by Gasteiger charge is 2.36. The summed E-state index contributed by atoms with van der Waals surface area (Å²) in [4.78, 5) is 45.0. The summed E-state index contributed by atoms with van der Waals surface area (Å²) >= 11 is 0. The van der Waals surface area contributed by atoms with Crippen LogP contribution in [0, 0.1) is 23.6 Å². The number of nitrogens with one attached hydrogen (secondary N) is 1. The Morgan fingerprint density at radius 2 is 1.91 bits per heavy atom. The minimum atomic E-state index is -1.27. The number of carbonyl (C=O) groups is 3. The Kier molecular flexibility index (Phi) is 8.17. The van der Waals surface area contributed by atoms with Crippen molar-refractivity contribution >= 4 is 29.1 Å². The smallest absolute Gasteiger partial charge is 0.272 e. The van der Waals surface area contributed by atoms with Crippen molar-refractivity contribution in [2.45, 2.75) is 32.9 Å². The molecule has 3 atom stereocenters. The van der Waals surface area contributed by atoms with Gasteiger partial charge in [-0.2, -0.15) is 0 Å². The summed E-state index contributed by atoms with van der Waals surface area (Å²) in [6.45, 7) is 7.55. The second-order valence-electron chi connectivity index (χ2n) is 9.08. The van der Waals surface area contributed by atoms with Crippen LogP contribution in [0.25, 0.3) is 0 Å². The maximum absolute atomic E-state index is 14.1. The Labute approximate surface area is 204 Å². The molecule has 2 aromatic rings. The second-order valence-corrected chi connectivity index (χ2v) is 9.08. The third-order valence-corrected chi connectivity index (χ3v) is 6.05. The molecule has 0 aromatic heterocycles. The van der Waals surface area contributed by atoms with Crippen LogP contribution in [0.4, 0.5) is 10.1 Å². The zero-order chi connectivity index (χ0) is 25.7. The number of amides is 3. The molecule has 7 nitrogen and oxygen atoms in total. The van der Waals surface area contributed by atoms with Crippen molar-refractivity contribution in [1.29, 1.82) is 0 Å². The van der Waals surface area contributed by atoms with Crippen LogP contribution >= 0.6 is 0 Å². The molecule has 0 radical (unpaired) electrons. The number of hydrogen-bond donors (Lipinski definition) is 2. The third-order valence-electron chi connectivity index (χ3n) is 6.05. The molecular weight excluding hydrogens is 447 g/mol. The van der Waals surface area contributed by atoms with Gasteiger partial charge >= 0.3 is 0 Å². The molecule has 0 saturated carbocycles. The van der Waals surface area contributed by atoms with Crippen LogP contribution in [-0.4, -0.2) is 36.6 Å². The maximum Gasteiger partial charge on any atom is 0.272 e. The van der Waals surface area contributed by atoms with Gasteiger partial charge in [-0.05, 0) is 37.0 Å². The summed E-state index contributed by atoms with van der Waals surface area (Å²) < 4.78 is 14.1. The lowest BCUT2D eigenvalue weighted by atomic mass is 9.82. The molecule has 1 aliphatic rings. The van der Waals surface area contributed by atoms with Gasteiger partial charge in [0.2, 0.25) is 18.0 Å². The number of nitrogens with two attached hydrogens (primary N) is 1. The predicted molar refractivity (Wildman–Crippen MR) is 134 cm³/mol. The average molecular weight is 479 g/mol. The van der Waals surface area contributed by atoms with E-state index < -0.39 is 41.5 Å². The fourth-order valence-corrected chi connectivity index (χ4v) is 4.34. The van der Waals surface area contributed by atoms with Gasteiger partial charge in [-0.1, -0.05) is 50.3 Å². The van der Waals surface area contributed by atoms with Gasteiger partial charge in [-0.25, -0.2) is 9.38 Å². The Bertz CT molecular complexity index is 1160. The number of likely N-dealkylation sites (N-methyl/N-ethyl adjacent to an activating group) is 1. The van der Waals surface area contributed by atoms with Crippen molar-refractivity contribution in [2.24, 2.45) is 28.5 Å². The fraction of sp³-hybridized carbons (Fsp3) is 0.333. The Morgan fingerprint density at radius 3 is 2.54 bits per heavy atom. The van der Waals surface area contributed by atoms with E-state index in [9.17, 15) is 18.8 Å². The number of primary amides is 1. The van der Waals surface area contributed by atoms with Crippen molar-refractivity contribution in [2.75, 3.05) is 11.9 Å². The fourth-order valence-electron chi connectivity index (χ4n) is 4.34. The van der Waals surface area contributed by atoms with Crippen LogP contribution in [0.2, 0.25) is 0 Å². The summed E-state index contributed by atoms with van der Waals surface area (Å²) in [5, 5.41) is 2.73. The first-order chi connectivity index (χ1) is 16.6. The van der Waals surface area contributed by atoms with Crippen LogP contribution in [0.15, 0.2) is 66.2 Å². The van der Waals surface area contributed by atoms with Crippen LogP contribution in [-0.2, 0) is 14.4 Å². The zero-order valence-electron chi connectivity index (χ0n) is 20.2. The second kappa shape index (κ2) is 11.1. The lowest BCUT2D eigenvalue weighted by molar-refractivity contribution is -0.135. The number of carbonyl (C=O) groups excluding carboxylic acids is 3. The number of benzene rings is 2. The third kappa shape index (κ3) is 5.82. The van der Waals surface area contributed by atoms with E-state index in [1.165, 1.54) is 17.0 Å². The van der Waals surface area contributed by atoms with E-state index in [4.69, 9.17) is 5.73 Å². The van der Waals surface area contributed by atoms with Crippen molar-refractivity contribution in [3.63, 3.8) is 0 Å². The van der Waals surface area contributed by atoms with Crippen molar-refractivity contribution in [3.05, 3.63) is 78.1 Å². The van der Waals surface area contributed by atoms with Crippen LogP contribution in [0.5, 0.6) is 0 Å². The van der Waals surface area contributed by atoms with Crippen molar-refractivity contribution < 1.29 is 18.8 Å². The van der Waals surface area contributed by atoms with Gasteiger partial charge in [0.25, 0.3) is 5.91 Å². The number of hydrogen-bond acceptors (Lipinski definition) is 4. The largest absolute Gasteiger partial charge is 0.369 e. The highest BCUT2D eigenvalue weighted by atomic mass is 19.1. The molecule has 2 aromatic carbocycles. The summed E-state index contributed by atoms with van der Waals surface area (Å²) in [5.41, 5.74) is 7.67. The van der Waals surface area contributed by atoms with Gasteiger partial charge in [0.1, 0.15) is 5.82 Å². The molecule has 0 spiro atoms. The molecule has 0 aliphatic carbocycles. The van der Waals surface area contributed by atoms with Gasteiger partial charge in [-0.3, -0.25) is 14.4 Å². The topological polar surface area (TPSA) is 105 Å². The monoisotopic (exact) mass is 478 g/mol. The van der Waals surface area contributed by atoms with E-state index in [1.54, 1.807) is 49.5 Å². The average Bonchev–Trinajstić information content (AvgIpc) is 2.91. The molecule has 8 heteroatoms. The van der Waals surface area contributed by atoms with Gasteiger partial charge < -0.3 is 16.0 Å². The molecule has 1 heterocycles. The van der Waals surface area contributed by atoms with E-state index in [-0.39, 0.29) is 12.3 Å². The molecule has 1 aliphatic heterocycles. The van der Waals surface area contributed by atoms with E-state index >= 15 is 0 Å². The van der Waals surface area contributed by atoms with Crippen LogP contribution in [0.1, 0.15) is 37.8 Å². The SMILES string of the molecule is C=CC[C@H](C(N)=O)[C@@H](CC(C)C)C(=O)NC1N=C(c2cccc(F)c2)c2ccccc2N(C)C1=O. The molecule has 3 rings (SSSR count). The van der Waals surface area contributed by atoms with E-state index in [0.29, 0.717) is 28.9 Å². The first-order valence-electron chi connectivity index (χ1n) is 11.5. The number of fused-ring (bicyclic) bond motifs is 1. The molecule has 0 fully saturated rings. The lowest BCUT2D eigenvalue weighted by Crippen LogP contribution is -2.50. The molecule has 0 saturated heterocycles. The molecule has 3 N–H and O–H groups in total. The summed E-state index contributed by atoms with van der Waals surface area (Å²) in [6, 6.07) is 13.1. The molecule has 1 unspecified atom stereocenters. The standard InChI is InChI=1S/C27H31FN4O3/c1-5-9-19(24(29)33)21(14-16(2)3)26(34)31-25-27(35)32(4)22-13-7-6-12-20(22)23(30-25)17-10-8-11-18(28)15-17/h5-8,10-13,15-16,19,21,25H,1,9,14H2,2-4H3,(H2,29,33)(H,31,34)/t19-,21+,25?/m0/s1. The molecule has 35 heavy (non-hydrogen) atoms. The maximum atomic E-state index is 14.1. The lowest BCUT2D eigenvalue weighted by Gasteiger charge is -2.27. The number of halogens is 1. The molecule has 184 valence electrons. The number of rotatable bonds is 9. The summed E-state index contributed by atoms with van der Waals surface area (Å²) in [5.74, 6) is -3.44. The van der Waals surface area contributed by atoms with E-state index in [0.717, 1.165) is 0 Å². The number of nitrogens with zero attached hydrogens (tertiary/aromatic N) is 2. The Hall–Kier alpha value is -3.81. The normalized spacial score (nSPS) is 17.2. The number of para-hydroxylation sites is 1. The Balaban J connectivity index is 2.06. The predicted octanol–water partition coefficient (Wildman–Crippen LogP) is 3.42. The first kappa shape index (κ1) is 25.8. The van der Waals surface area contributed by atoms with Crippen molar-refractivity contribution in [1.82, 2.24) is 5.32 Å². The van der Waals surface area contributed by atoms with Gasteiger partial charge in [0.05, 0.1) is 23.2 Å². The minimum absolute atomic E-state index is 0.0977. The quantitative estimate of drug-likeness (QED) is 0.540. The van der Waals surface area contributed by atoms with Gasteiger partial charge in [0.15, 0.2) is 0 Å². The highest BCUT2D eigenvalue weighted by molar-refractivity contribution is 6.20. The van der Waals surface area contributed by atoms with Gasteiger partial charge in [0, 0.05) is 18.2 Å². The van der Waals surface area contributed by atoms with Crippen LogP contribution < -0.4 is 16.0 Å². The minimum Gasteiger partial charge on any atom is -0.369 e. The highest BCUT2D eigenvalue weighted by Crippen LogP contribution is 2.29. The number of allylic oxidation sites excluding steroid dienone is 1. The van der Waals surface area contributed by atoms with Gasteiger partial charge in [-0.15, -0.1) is 6.58 Å². The zero-order valence-corrected chi connectivity index (χ0v) is 20.2.